The van der Waals surface area contributed by atoms with Crippen LogP contribution in [0.15, 0.2) is 41.7 Å². The average molecular weight is 271 g/mol. The molecule has 0 aromatic carbocycles. The summed E-state index contributed by atoms with van der Waals surface area (Å²) in [5.41, 5.74) is 2.73. The zero-order valence-corrected chi connectivity index (χ0v) is 12.1. The van der Waals surface area contributed by atoms with Crippen molar-refractivity contribution in [1.29, 1.82) is 0 Å². The minimum absolute atomic E-state index is 0.279. The average Bonchev–Trinajstić information content (AvgIpc) is 2.81. The number of hydrogen-bond donors (Lipinski definition) is 1. The summed E-state index contributed by atoms with van der Waals surface area (Å²) in [6, 6.07) is 7.74. The normalized spacial score (nSPS) is 11.8. The lowest BCUT2D eigenvalue weighted by Gasteiger charge is -2.06. The fraction of sp³-hybridized carbons (Fsp3) is 0.375. The monoisotopic (exact) mass is 271 g/mol. The van der Waals surface area contributed by atoms with Crippen LogP contribution >= 0.6 is 0 Å². The Hall–Kier alpha value is -2.10. The SMILES string of the molecule is CCCCC(=NCc1ccccn1)c1ccn(C)c1O. The molecular weight excluding hydrogens is 250 g/mol. The third kappa shape index (κ3) is 3.47. The van der Waals surface area contributed by atoms with Gasteiger partial charge in [0, 0.05) is 25.2 Å². The number of aromatic hydroxyl groups is 1. The smallest absolute Gasteiger partial charge is 0.200 e. The molecule has 4 nitrogen and oxygen atoms in total. The Morgan fingerprint density at radius 1 is 1.35 bits per heavy atom. The second-order valence-corrected chi connectivity index (χ2v) is 4.85. The van der Waals surface area contributed by atoms with Crippen LogP contribution in [0, 0.1) is 0 Å². The lowest BCUT2D eigenvalue weighted by molar-refractivity contribution is 0.431. The van der Waals surface area contributed by atoms with Gasteiger partial charge in [0.05, 0.1) is 17.8 Å². The Morgan fingerprint density at radius 3 is 2.80 bits per heavy atom. The molecule has 0 aliphatic carbocycles. The van der Waals surface area contributed by atoms with Gasteiger partial charge in [0.2, 0.25) is 0 Å². The van der Waals surface area contributed by atoms with Crippen molar-refractivity contribution in [3.05, 3.63) is 47.9 Å². The number of pyridine rings is 1. The summed E-state index contributed by atoms with van der Waals surface area (Å²) < 4.78 is 1.71. The molecule has 2 heterocycles. The van der Waals surface area contributed by atoms with E-state index in [2.05, 4.69) is 16.9 Å². The summed E-state index contributed by atoms with van der Waals surface area (Å²) in [6.45, 7) is 2.70. The molecule has 20 heavy (non-hydrogen) atoms. The summed E-state index contributed by atoms with van der Waals surface area (Å²) in [4.78, 5) is 8.93. The molecule has 0 amide bonds. The molecule has 0 saturated carbocycles. The van der Waals surface area contributed by atoms with Gasteiger partial charge in [-0.1, -0.05) is 19.4 Å². The highest BCUT2D eigenvalue weighted by molar-refractivity contribution is 6.02. The summed E-state index contributed by atoms with van der Waals surface area (Å²) in [7, 11) is 1.83. The fourth-order valence-corrected chi connectivity index (χ4v) is 2.06. The number of nitrogens with zero attached hydrogens (tertiary/aromatic N) is 3. The molecule has 2 rings (SSSR count). The van der Waals surface area contributed by atoms with Crippen LogP contribution in [-0.4, -0.2) is 20.4 Å². The van der Waals surface area contributed by atoms with E-state index in [0.717, 1.165) is 36.2 Å². The highest BCUT2D eigenvalue weighted by Gasteiger charge is 2.11. The van der Waals surface area contributed by atoms with Crippen molar-refractivity contribution in [3.63, 3.8) is 0 Å². The van der Waals surface area contributed by atoms with Crippen LogP contribution in [0.2, 0.25) is 0 Å². The van der Waals surface area contributed by atoms with Crippen LogP contribution in [-0.2, 0) is 13.6 Å². The first kappa shape index (κ1) is 14.3. The predicted octanol–water partition coefficient (Wildman–Crippen LogP) is 3.31. The van der Waals surface area contributed by atoms with Crippen molar-refractivity contribution in [2.24, 2.45) is 12.0 Å². The third-order valence-electron chi connectivity index (χ3n) is 3.28. The molecule has 0 spiro atoms. The van der Waals surface area contributed by atoms with Crippen molar-refractivity contribution in [1.82, 2.24) is 9.55 Å². The van der Waals surface area contributed by atoms with Gasteiger partial charge in [-0.3, -0.25) is 9.98 Å². The third-order valence-corrected chi connectivity index (χ3v) is 3.28. The maximum Gasteiger partial charge on any atom is 0.200 e. The van der Waals surface area contributed by atoms with Gasteiger partial charge in [0.25, 0.3) is 0 Å². The molecule has 106 valence electrons. The number of aryl methyl sites for hydroxylation is 1. The van der Waals surface area contributed by atoms with Gasteiger partial charge >= 0.3 is 0 Å². The molecule has 0 aliphatic heterocycles. The van der Waals surface area contributed by atoms with Crippen molar-refractivity contribution in [3.8, 4) is 5.88 Å². The first-order chi connectivity index (χ1) is 9.72. The quantitative estimate of drug-likeness (QED) is 0.819. The maximum atomic E-state index is 10.1. The molecular formula is C16H21N3O. The molecule has 0 bridgehead atoms. The molecule has 4 heteroatoms. The highest BCUT2D eigenvalue weighted by atomic mass is 16.3. The first-order valence-corrected chi connectivity index (χ1v) is 7.00. The Morgan fingerprint density at radius 2 is 2.20 bits per heavy atom. The van der Waals surface area contributed by atoms with Crippen molar-refractivity contribution in [2.45, 2.75) is 32.7 Å². The Bertz CT molecular complexity index is 573. The topological polar surface area (TPSA) is 50.4 Å². The Kier molecular flexibility index (Phi) is 4.93. The number of hydrogen-bond acceptors (Lipinski definition) is 3. The second kappa shape index (κ2) is 6.89. The van der Waals surface area contributed by atoms with Gasteiger partial charge < -0.3 is 9.67 Å². The number of rotatable bonds is 6. The molecule has 0 radical (unpaired) electrons. The van der Waals surface area contributed by atoms with E-state index in [1.165, 1.54) is 0 Å². The van der Waals surface area contributed by atoms with Gasteiger partial charge in [-0.15, -0.1) is 0 Å². The minimum Gasteiger partial charge on any atom is -0.494 e. The van der Waals surface area contributed by atoms with E-state index in [9.17, 15) is 5.11 Å². The Labute approximate surface area is 119 Å². The van der Waals surface area contributed by atoms with Crippen LogP contribution in [0.5, 0.6) is 5.88 Å². The number of aromatic nitrogens is 2. The van der Waals surface area contributed by atoms with Crippen LogP contribution in [0.1, 0.15) is 37.4 Å². The molecule has 0 saturated heterocycles. The van der Waals surface area contributed by atoms with Gasteiger partial charge in [-0.25, -0.2) is 0 Å². The second-order valence-electron chi connectivity index (χ2n) is 4.85. The van der Waals surface area contributed by atoms with E-state index >= 15 is 0 Å². The van der Waals surface area contributed by atoms with Crippen molar-refractivity contribution >= 4 is 5.71 Å². The molecule has 0 unspecified atom stereocenters. The molecule has 0 atom stereocenters. The summed E-state index contributed by atoms with van der Waals surface area (Å²) in [5, 5.41) is 10.1. The van der Waals surface area contributed by atoms with E-state index in [1.807, 2.05) is 37.5 Å². The van der Waals surface area contributed by atoms with Gasteiger partial charge in [-0.2, -0.15) is 0 Å². The van der Waals surface area contributed by atoms with Crippen LogP contribution < -0.4 is 0 Å². The highest BCUT2D eigenvalue weighted by Crippen LogP contribution is 2.21. The van der Waals surface area contributed by atoms with Gasteiger partial charge in [0.15, 0.2) is 5.88 Å². The molecule has 2 aromatic rings. The summed E-state index contributed by atoms with van der Waals surface area (Å²) >= 11 is 0. The largest absolute Gasteiger partial charge is 0.494 e. The van der Waals surface area contributed by atoms with Crippen LogP contribution in [0.4, 0.5) is 0 Å². The molecule has 0 fully saturated rings. The van der Waals surface area contributed by atoms with Crippen molar-refractivity contribution in [2.75, 3.05) is 0 Å². The van der Waals surface area contributed by atoms with E-state index in [4.69, 9.17) is 0 Å². The van der Waals surface area contributed by atoms with E-state index in [1.54, 1.807) is 10.8 Å². The summed E-state index contributed by atoms with van der Waals surface area (Å²) in [5.74, 6) is 0.279. The predicted molar refractivity (Wildman–Crippen MR) is 81.1 cm³/mol. The molecule has 0 aliphatic rings. The van der Waals surface area contributed by atoms with Gasteiger partial charge in [0.1, 0.15) is 0 Å². The molecule has 1 N–H and O–H groups in total. The first-order valence-electron chi connectivity index (χ1n) is 7.00. The maximum absolute atomic E-state index is 10.1. The lowest BCUT2D eigenvalue weighted by atomic mass is 10.1. The van der Waals surface area contributed by atoms with Crippen LogP contribution in [0.3, 0.4) is 0 Å². The molecule has 2 aromatic heterocycles. The minimum atomic E-state index is 0.279. The standard InChI is InChI=1S/C16H21N3O/c1-3-4-8-15(14-9-11-19(2)16(14)20)18-12-13-7-5-6-10-17-13/h5-7,9-11,20H,3-4,8,12H2,1-2H3. The zero-order valence-electron chi connectivity index (χ0n) is 12.1. The lowest BCUT2D eigenvalue weighted by Crippen LogP contribution is -2.02. The van der Waals surface area contributed by atoms with Crippen LogP contribution in [0.25, 0.3) is 0 Å². The van der Waals surface area contributed by atoms with E-state index < -0.39 is 0 Å². The summed E-state index contributed by atoms with van der Waals surface area (Å²) in [6.07, 6.45) is 6.68. The van der Waals surface area contributed by atoms with Crippen molar-refractivity contribution < 1.29 is 5.11 Å². The zero-order chi connectivity index (χ0) is 14.4. The number of aliphatic imine (C=N–C) groups is 1. The van der Waals surface area contributed by atoms with E-state index in [-0.39, 0.29) is 5.88 Å². The van der Waals surface area contributed by atoms with Gasteiger partial charge in [-0.05, 0) is 31.0 Å². The number of unbranched alkanes of at least 4 members (excludes halogenated alkanes) is 1. The Balaban J connectivity index is 2.21. The fourth-order valence-electron chi connectivity index (χ4n) is 2.06. The van der Waals surface area contributed by atoms with E-state index in [0.29, 0.717) is 6.54 Å².